The first-order valence-electron chi connectivity index (χ1n) is 7.61. The number of carbonyl (C=O) groups excluding carboxylic acids is 1. The molecule has 0 amide bonds. The number of esters is 1. The molecule has 0 saturated carbocycles. The van der Waals surface area contributed by atoms with Gasteiger partial charge in [0.2, 0.25) is 0 Å². The Morgan fingerprint density at radius 1 is 1.27 bits per heavy atom. The fraction of sp³-hybridized carbons (Fsp3) is 0.375. The maximum Gasteiger partial charge on any atom is 0.336 e. The zero-order valence-electron chi connectivity index (χ0n) is 14.7. The average Bonchev–Trinajstić information content (AvgIpc) is 2.59. The van der Waals surface area contributed by atoms with Crippen molar-refractivity contribution in [1.82, 2.24) is 4.90 Å². The molecule has 0 spiro atoms. The largest absolute Gasteiger partial charge is 0.466 e. The minimum atomic E-state index is -1.38. The molecule has 1 aliphatic heterocycles. The van der Waals surface area contributed by atoms with E-state index in [1.807, 2.05) is 0 Å². The van der Waals surface area contributed by atoms with Gasteiger partial charge < -0.3 is 9.64 Å². The van der Waals surface area contributed by atoms with Crippen molar-refractivity contribution in [3.8, 4) is 0 Å². The smallest absolute Gasteiger partial charge is 0.336 e. The summed E-state index contributed by atoms with van der Waals surface area (Å²) in [4.78, 5) is 39.8. The van der Waals surface area contributed by atoms with E-state index in [2.05, 4.69) is 4.99 Å². The number of ether oxygens (including phenoxy) is 1. The highest BCUT2D eigenvalue weighted by molar-refractivity contribution is 5.98. The topological polar surface area (TPSA) is 128 Å². The molecule has 10 heteroatoms. The van der Waals surface area contributed by atoms with Crippen LogP contribution in [0.25, 0.3) is 0 Å². The van der Waals surface area contributed by atoms with Crippen LogP contribution < -0.4 is 0 Å². The summed E-state index contributed by atoms with van der Waals surface area (Å²) in [6.07, 6.45) is 0. The number of hydrogen-bond acceptors (Lipinski definition) is 8. The lowest BCUT2D eigenvalue weighted by Gasteiger charge is -2.30. The van der Waals surface area contributed by atoms with Crippen molar-refractivity contribution in [2.75, 3.05) is 21.2 Å². The fourth-order valence-electron chi connectivity index (χ4n) is 2.98. The van der Waals surface area contributed by atoms with Crippen LogP contribution in [0.3, 0.4) is 0 Å². The molecule has 0 aromatic heterocycles. The number of non-ortho nitro benzene ring substituents is 1. The number of rotatable bonds is 4. The Morgan fingerprint density at radius 2 is 1.92 bits per heavy atom. The molecular weight excluding hydrogens is 344 g/mol. The van der Waals surface area contributed by atoms with Crippen LogP contribution in [0.15, 0.2) is 40.5 Å². The molecule has 2 unspecified atom stereocenters. The molecule has 1 aliphatic rings. The SMILES string of the molecule is COC(=O)C1=C(C)N=C(N(C)C)C([N+](=O)[O-])C1c1cccc([N+](=O)[O-])c1. The minimum absolute atomic E-state index is 0.0142. The highest BCUT2D eigenvalue weighted by Gasteiger charge is 2.47. The van der Waals surface area contributed by atoms with Gasteiger partial charge in [0, 0.05) is 31.2 Å². The second-order valence-corrected chi connectivity index (χ2v) is 5.92. The Labute approximate surface area is 149 Å². The molecule has 0 N–H and O–H groups in total. The molecule has 0 bridgehead atoms. The van der Waals surface area contributed by atoms with E-state index in [1.165, 1.54) is 36.3 Å². The number of aliphatic imine (C=N–C) groups is 1. The lowest BCUT2D eigenvalue weighted by Crippen LogP contribution is -2.46. The third kappa shape index (κ3) is 3.39. The summed E-state index contributed by atoms with van der Waals surface area (Å²) in [5, 5.41) is 22.9. The highest BCUT2D eigenvalue weighted by atomic mass is 16.6. The molecule has 0 aliphatic carbocycles. The average molecular weight is 362 g/mol. The van der Waals surface area contributed by atoms with Crippen molar-refractivity contribution in [3.63, 3.8) is 0 Å². The number of nitrogens with zero attached hydrogens (tertiary/aromatic N) is 4. The Bertz CT molecular complexity index is 830. The maximum absolute atomic E-state index is 12.3. The van der Waals surface area contributed by atoms with Gasteiger partial charge >= 0.3 is 5.97 Å². The van der Waals surface area contributed by atoms with Crippen LogP contribution in [0.4, 0.5) is 5.69 Å². The Kier molecular flexibility index (Phi) is 5.34. The normalized spacial score (nSPS) is 19.6. The van der Waals surface area contributed by atoms with Crippen LogP contribution in [0.1, 0.15) is 18.4 Å². The van der Waals surface area contributed by atoms with Gasteiger partial charge in [-0.05, 0) is 12.5 Å². The number of amidine groups is 1. The van der Waals surface area contributed by atoms with Gasteiger partial charge in [0.25, 0.3) is 11.7 Å². The summed E-state index contributed by atoms with van der Waals surface area (Å²) in [5.74, 6) is -1.67. The predicted molar refractivity (Wildman–Crippen MR) is 92.5 cm³/mol. The molecule has 1 aromatic carbocycles. The summed E-state index contributed by atoms with van der Waals surface area (Å²) >= 11 is 0. The van der Waals surface area contributed by atoms with E-state index in [-0.39, 0.29) is 28.4 Å². The summed E-state index contributed by atoms with van der Waals surface area (Å²) in [6.45, 7) is 1.55. The van der Waals surface area contributed by atoms with Crippen LogP contribution in [-0.4, -0.2) is 53.8 Å². The molecule has 0 fully saturated rings. The number of hydrogen-bond donors (Lipinski definition) is 0. The molecule has 138 valence electrons. The van der Waals surface area contributed by atoms with Gasteiger partial charge in [-0.2, -0.15) is 0 Å². The van der Waals surface area contributed by atoms with E-state index in [0.717, 1.165) is 0 Å². The fourth-order valence-corrected chi connectivity index (χ4v) is 2.98. The zero-order chi connectivity index (χ0) is 19.6. The van der Waals surface area contributed by atoms with Crippen molar-refractivity contribution < 1.29 is 19.4 Å². The molecule has 0 saturated heterocycles. The Balaban J connectivity index is 2.76. The molecule has 10 nitrogen and oxygen atoms in total. The van der Waals surface area contributed by atoms with E-state index in [0.29, 0.717) is 0 Å². The van der Waals surface area contributed by atoms with Gasteiger partial charge in [0.05, 0.1) is 29.2 Å². The van der Waals surface area contributed by atoms with Crippen LogP contribution in [0.5, 0.6) is 0 Å². The number of likely N-dealkylation sites (N-methyl/N-ethyl adjacent to an activating group) is 1. The molecule has 1 aromatic rings. The quantitative estimate of drug-likeness (QED) is 0.453. The van der Waals surface area contributed by atoms with Crippen molar-refractivity contribution >= 4 is 17.5 Å². The van der Waals surface area contributed by atoms with Gasteiger partial charge in [-0.25, -0.2) is 9.79 Å². The number of benzene rings is 1. The number of nitro groups is 2. The van der Waals surface area contributed by atoms with Gasteiger partial charge in [-0.3, -0.25) is 20.2 Å². The number of methoxy groups -OCH3 is 1. The van der Waals surface area contributed by atoms with Crippen LogP contribution >= 0.6 is 0 Å². The van der Waals surface area contributed by atoms with E-state index >= 15 is 0 Å². The van der Waals surface area contributed by atoms with Gasteiger partial charge in [-0.15, -0.1) is 0 Å². The summed E-state index contributed by atoms with van der Waals surface area (Å²) in [6, 6.07) is 4.07. The summed E-state index contributed by atoms with van der Waals surface area (Å²) < 4.78 is 4.78. The first-order valence-corrected chi connectivity index (χ1v) is 7.61. The summed E-state index contributed by atoms with van der Waals surface area (Å²) in [7, 11) is 4.38. The standard InChI is InChI=1S/C16H18N4O6/c1-9-12(16(21)26-4)13(10-6-5-7-11(8-10)19(22)23)14(20(24)25)15(17-9)18(2)3/h5-8,13-14H,1-4H3. The molecular formula is C16H18N4O6. The number of allylic oxidation sites excluding steroid dienone is 1. The van der Waals surface area contributed by atoms with Crippen LogP contribution in [0.2, 0.25) is 0 Å². The summed E-state index contributed by atoms with van der Waals surface area (Å²) in [5.41, 5.74) is 0.339. The second-order valence-electron chi connectivity index (χ2n) is 5.92. The zero-order valence-corrected chi connectivity index (χ0v) is 14.7. The Hall–Kier alpha value is -3.30. The molecule has 2 rings (SSSR count). The lowest BCUT2D eigenvalue weighted by atomic mass is 9.81. The van der Waals surface area contributed by atoms with Crippen molar-refractivity contribution in [2.45, 2.75) is 18.9 Å². The van der Waals surface area contributed by atoms with Crippen molar-refractivity contribution in [2.24, 2.45) is 4.99 Å². The predicted octanol–water partition coefficient (Wildman–Crippen LogP) is 1.74. The molecule has 1 heterocycles. The number of carbonyl (C=O) groups is 1. The first kappa shape index (κ1) is 19.0. The third-order valence-corrected chi connectivity index (χ3v) is 4.09. The van der Waals surface area contributed by atoms with Crippen molar-refractivity contribution in [3.05, 3.63) is 61.3 Å². The van der Waals surface area contributed by atoms with Crippen molar-refractivity contribution in [1.29, 1.82) is 0 Å². The van der Waals surface area contributed by atoms with Gasteiger partial charge in [0.1, 0.15) is 0 Å². The Morgan fingerprint density at radius 3 is 2.42 bits per heavy atom. The van der Waals surface area contributed by atoms with Crippen LogP contribution in [-0.2, 0) is 9.53 Å². The van der Waals surface area contributed by atoms with E-state index in [4.69, 9.17) is 4.74 Å². The molecule has 26 heavy (non-hydrogen) atoms. The molecule has 2 atom stereocenters. The van der Waals surface area contributed by atoms with E-state index in [1.54, 1.807) is 21.0 Å². The lowest BCUT2D eigenvalue weighted by molar-refractivity contribution is -0.506. The van der Waals surface area contributed by atoms with Gasteiger partial charge in [0.15, 0.2) is 5.84 Å². The monoisotopic (exact) mass is 362 g/mol. The highest BCUT2D eigenvalue weighted by Crippen LogP contribution is 2.38. The van der Waals surface area contributed by atoms with Gasteiger partial charge in [-0.1, -0.05) is 12.1 Å². The third-order valence-electron chi connectivity index (χ3n) is 4.09. The molecule has 0 radical (unpaired) electrons. The van der Waals surface area contributed by atoms with E-state index < -0.39 is 27.8 Å². The number of nitro benzene ring substituents is 1. The first-order chi connectivity index (χ1) is 12.2. The minimum Gasteiger partial charge on any atom is -0.466 e. The van der Waals surface area contributed by atoms with Crippen LogP contribution in [0, 0.1) is 20.2 Å². The maximum atomic E-state index is 12.3. The van der Waals surface area contributed by atoms with E-state index in [9.17, 15) is 25.0 Å². The second kappa shape index (κ2) is 7.30.